The Morgan fingerprint density at radius 3 is 1.84 bits per heavy atom. The van der Waals surface area contributed by atoms with Gasteiger partial charge in [-0.3, -0.25) is 9.78 Å². The van der Waals surface area contributed by atoms with Crippen LogP contribution in [-0.2, 0) is 24.5 Å². The lowest BCUT2D eigenvalue weighted by molar-refractivity contribution is -0.123. The molecule has 1 atom stereocenters. The summed E-state index contributed by atoms with van der Waals surface area (Å²) in [4.78, 5) is 16.1. The second-order valence-electron chi connectivity index (χ2n) is 7.23. The minimum Gasteiger partial charge on any atom is -0.347 e. The van der Waals surface area contributed by atoms with Gasteiger partial charge in [0, 0.05) is 18.8 Å². The molecule has 0 spiro atoms. The molecule has 1 aliphatic rings. The highest BCUT2D eigenvalue weighted by molar-refractivity contribution is 8.10. The molecule has 0 saturated carbocycles. The van der Waals surface area contributed by atoms with E-state index in [1.165, 1.54) is 60.9 Å². The van der Waals surface area contributed by atoms with Gasteiger partial charge in [0.1, 0.15) is 0 Å². The average Bonchev–Trinajstić information content (AvgIpc) is 2.80. The number of hydrogen-bond acceptors (Lipinski definition) is 6. The summed E-state index contributed by atoms with van der Waals surface area (Å²) in [6.07, 6.45) is 2.25. The van der Waals surface area contributed by atoms with Crippen LogP contribution in [-0.4, -0.2) is 31.8 Å². The molecule has 31 heavy (non-hydrogen) atoms. The molecule has 1 aromatic heterocycles. The van der Waals surface area contributed by atoms with E-state index >= 15 is 0 Å². The first-order chi connectivity index (χ1) is 14.8. The van der Waals surface area contributed by atoms with Gasteiger partial charge in [-0.05, 0) is 42.3 Å². The van der Waals surface area contributed by atoms with E-state index in [-0.39, 0.29) is 22.6 Å². The Bertz CT molecular complexity index is 1220. The van der Waals surface area contributed by atoms with Gasteiger partial charge >= 0.3 is 0 Å². The normalized spacial score (nSPS) is 18.8. The lowest BCUT2D eigenvalue weighted by atomic mass is 9.97. The smallest absolute Gasteiger partial charge is 0.220 e. The van der Waals surface area contributed by atoms with Crippen LogP contribution in [0.15, 0.2) is 95.0 Å². The molecular formula is C22H20N2O5S2. The van der Waals surface area contributed by atoms with Crippen molar-refractivity contribution in [3.63, 3.8) is 0 Å². The van der Waals surface area contributed by atoms with Gasteiger partial charge in [0.2, 0.25) is 29.7 Å². The van der Waals surface area contributed by atoms with E-state index in [1.54, 1.807) is 24.3 Å². The number of aromatic nitrogens is 1. The molecule has 2 aromatic carbocycles. The zero-order chi connectivity index (χ0) is 22.1. The lowest BCUT2D eigenvalue weighted by Gasteiger charge is -2.42. The summed E-state index contributed by atoms with van der Waals surface area (Å²) in [5.74, 6) is -0.420. The molecule has 1 saturated heterocycles. The topological polar surface area (TPSA) is 110 Å². The number of carbonyl (C=O) groups excluding carboxylic acids is 1. The lowest BCUT2D eigenvalue weighted by Crippen LogP contribution is -2.59. The van der Waals surface area contributed by atoms with E-state index < -0.39 is 35.7 Å². The molecule has 1 amide bonds. The van der Waals surface area contributed by atoms with Gasteiger partial charge < -0.3 is 5.32 Å². The maximum atomic E-state index is 14.1. The van der Waals surface area contributed by atoms with Crippen LogP contribution in [0, 0.1) is 0 Å². The molecule has 0 bridgehead atoms. The van der Waals surface area contributed by atoms with Crippen LogP contribution in [0.5, 0.6) is 0 Å². The SMILES string of the molecule is O=C1CCC(S(=O)(=O)c2ccccc2)(S(=O)(=O)c2ccccc2)[C@@H](c2cccnc2)N1. The molecule has 3 aromatic rings. The van der Waals surface area contributed by atoms with E-state index in [2.05, 4.69) is 10.3 Å². The minimum absolute atomic E-state index is 0.125. The van der Waals surface area contributed by atoms with Crippen LogP contribution < -0.4 is 5.32 Å². The number of pyridine rings is 1. The fraction of sp³-hybridized carbons (Fsp3) is 0.182. The molecule has 0 radical (unpaired) electrons. The van der Waals surface area contributed by atoms with Crippen molar-refractivity contribution in [2.75, 3.05) is 0 Å². The van der Waals surface area contributed by atoms with Crippen molar-refractivity contribution >= 4 is 25.6 Å². The molecule has 1 fully saturated rings. The van der Waals surface area contributed by atoms with E-state index in [1.807, 2.05) is 0 Å². The summed E-state index contributed by atoms with van der Waals surface area (Å²) in [5, 5.41) is 2.64. The molecule has 0 aliphatic carbocycles. The number of carbonyl (C=O) groups is 1. The Kier molecular flexibility index (Phi) is 5.40. The van der Waals surface area contributed by atoms with E-state index in [0.717, 1.165) is 0 Å². The largest absolute Gasteiger partial charge is 0.347 e. The van der Waals surface area contributed by atoms with Crippen molar-refractivity contribution in [3.05, 3.63) is 90.8 Å². The number of benzene rings is 2. The first-order valence-electron chi connectivity index (χ1n) is 9.59. The van der Waals surface area contributed by atoms with Crippen LogP contribution in [0.1, 0.15) is 24.4 Å². The molecule has 1 aliphatic heterocycles. The third-order valence-electron chi connectivity index (χ3n) is 5.48. The van der Waals surface area contributed by atoms with Gasteiger partial charge in [-0.1, -0.05) is 42.5 Å². The van der Waals surface area contributed by atoms with Crippen molar-refractivity contribution in [1.82, 2.24) is 10.3 Å². The van der Waals surface area contributed by atoms with Crippen LogP contribution in [0.4, 0.5) is 0 Å². The molecular weight excluding hydrogens is 436 g/mol. The molecule has 160 valence electrons. The van der Waals surface area contributed by atoms with Gasteiger partial charge in [0.25, 0.3) is 0 Å². The minimum atomic E-state index is -4.48. The van der Waals surface area contributed by atoms with Crippen LogP contribution in [0.2, 0.25) is 0 Å². The number of nitrogens with zero attached hydrogens (tertiary/aromatic N) is 1. The van der Waals surface area contributed by atoms with E-state index in [0.29, 0.717) is 5.56 Å². The number of nitrogens with one attached hydrogen (secondary N) is 1. The molecule has 9 heteroatoms. The molecule has 1 N–H and O–H groups in total. The highest BCUT2D eigenvalue weighted by atomic mass is 32.3. The van der Waals surface area contributed by atoms with Gasteiger partial charge in [0.05, 0.1) is 15.8 Å². The first kappa shape index (κ1) is 21.2. The highest BCUT2D eigenvalue weighted by Gasteiger charge is 2.63. The molecule has 2 heterocycles. The quantitative estimate of drug-likeness (QED) is 0.632. The first-order valence-corrected chi connectivity index (χ1v) is 12.6. The van der Waals surface area contributed by atoms with Gasteiger partial charge in [0.15, 0.2) is 0 Å². The maximum Gasteiger partial charge on any atom is 0.220 e. The van der Waals surface area contributed by atoms with Crippen molar-refractivity contribution < 1.29 is 21.6 Å². The van der Waals surface area contributed by atoms with Crippen molar-refractivity contribution in [1.29, 1.82) is 0 Å². The number of hydrogen-bond donors (Lipinski definition) is 1. The number of amides is 1. The van der Waals surface area contributed by atoms with E-state index in [4.69, 9.17) is 0 Å². The monoisotopic (exact) mass is 456 g/mol. The third-order valence-corrected chi connectivity index (χ3v) is 11.3. The van der Waals surface area contributed by atoms with Crippen molar-refractivity contribution in [2.45, 2.75) is 32.8 Å². The molecule has 0 unspecified atom stereocenters. The van der Waals surface area contributed by atoms with Crippen molar-refractivity contribution in [3.8, 4) is 0 Å². The Morgan fingerprint density at radius 2 is 1.35 bits per heavy atom. The third kappa shape index (κ3) is 3.34. The molecule has 7 nitrogen and oxygen atoms in total. The maximum absolute atomic E-state index is 14.1. The van der Waals surface area contributed by atoms with E-state index in [9.17, 15) is 21.6 Å². The molecule has 4 rings (SSSR count). The van der Waals surface area contributed by atoms with Crippen molar-refractivity contribution in [2.24, 2.45) is 0 Å². The Balaban J connectivity index is 2.08. The second-order valence-corrected chi connectivity index (χ2v) is 11.9. The fourth-order valence-corrected chi connectivity index (χ4v) is 9.29. The van der Waals surface area contributed by atoms with Gasteiger partial charge in [-0.15, -0.1) is 0 Å². The summed E-state index contributed by atoms with van der Waals surface area (Å²) in [7, 11) is -8.96. The van der Waals surface area contributed by atoms with Crippen LogP contribution in [0.25, 0.3) is 0 Å². The summed E-state index contributed by atoms with van der Waals surface area (Å²) < 4.78 is 53.9. The zero-order valence-corrected chi connectivity index (χ0v) is 18.0. The summed E-state index contributed by atoms with van der Waals surface area (Å²) in [5.41, 5.74) is 0.301. The van der Waals surface area contributed by atoms with Crippen LogP contribution >= 0.6 is 0 Å². The fourth-order valence-electron chi connectivity index (χ4n) is 3.98. The summed E-state index contributed by atoms with van der Waals surface area (Å²) in [6, 6.07) is 16.7. The zero-order valence-electron chi connectivity index (χ0n) is 16.4. The Hall–Kier alpha value is -3.04. The summed E-state index contributed by atoms with van der Waals surface area (Å²) >= 11 is 0. The van der Waals surface area contributed by atoms with Gasteiger partial charge in [-0.2, -0.15) is 0 Å². The standard InChI is InChI=1S/C22H20N2O5S2/c25-20-13-14-22(21(24-20)17-8-7-15-23-16-17,30(26,27)18-9-3-1-4-10-18)31(28,29)19-11-5-2-6-12-19/h1-12,15-16,21H,13-14H2,(H,24,25)/t21-/m1/s1. The van der Waals surface area contributed by atoms with Crippen LogP contribution in [0.3, 0.4) is 0 Å². The number of sulfone groups is 2. The van der Waals surface area contributed by atoms with Gasteiger partial charge in [-0.25, -0.2) is 16.8 Å². The number of rotatable bonds is 5. The number of piperidine rings is 1. The average molecular weight is 457 g/mol. The predicted octanol–water partition coefficient (Wildman–Crippen LogP) is 2.68. The summed E-state index contributed by atoms with van der Waals surface area (Å²) in [6.45, 7) is 0. The Morgan fingerprint density at radius 1 is 0.806 bits per heavy atom. The Labute approximate surface area is 181 Å². The highest BCUT2D eigenvalue weighted by Crippen LogP contribution is 2.49. The second kappa shape index (κ2) is 7.90. The predicted molar refractivity (Wildman–Crippen MR) is 114 cm³/mol.